The number of amides is 1. The molecule has 0 aliphatic rings. The van der Waals surface area contributed by atoms with E-state index in [1.165, 1.54) is 11.3 Å². The third kappa shape index (κ3) is 5.52. The molecule has 0 radical (unpaired) electrons. The molecule has 0 saturated heterocycles. The maximum Gasteiger partial charge on any atom is 0.243 e. The minimum Gasteiger partial charge on any atom is -0.496 e. The van der Waals surface area contributed by atoms with Crippen molar-refractivity contribution in [1.29, 1.82) is 0 Å². The molecule has 1 aromatic carbocycles. The van der Waals surface area contributed by atoms with E-state index in [-0.39, 0.29) is 12.2 Å². The number of ether oxygens (including phenoxy) is 1. The zero-order chi connectivity index (χ0) is 18.6. The highest BCUT2D eigenvalue weighted by atomic mass is 32.2. The molecule has 1 unspecified atom stereocenters. The second-order valence-electron chi connectivity index (χ2n) is 5.76. The van der Waals surface area contributed by atoms with Gasteiger partial charge in [0.1, 0.15) is 15.6 Å². The molecular formula is C16H21N3O4S2. The standard InChI is InChI=1S/C16H21N3O4S2/c1-10-4-5-14(23-2)11(8-10)13-9-24-16(18-13)19-15(20)12(17)6-7-25(3,21)22/h4-5,8-9,12H,6-7,17H2,1-3H3,(H,18,19,20). The number of hydrogen-bond acceptors (Lipinski definition) is 7. The summed E-state index contributed by atoms with van der Waals surface area (Å²) < 4.78 is 27.7. The lowest BCUT2D eigenvalue weighted by atomic mass is 10.1. The van der Waals surface area contributed by atoms with Crippen LogP contribution >= 0.6 is 11.3 Å². The normalized spacial score (nSPS) is 12.6. The van der Waals surface area contributed by atoms with Gasteiger partial charge in [-0.15, -0.1) is 11.3 Å². The fourth-order valence-electron chi connectivity index (χ4n) is 2.15. The van der Waals surface area contributed by atoms with Crippen LogP contribution in [0.15, 0.2) is 23.6 Å². The Morgan fingerprint density at radius 1 is 1.44 bits per heavy atom. The summed E-state index contributed by atoms with van der Waals surface area (Å²) in [7, 11) is -1.57. The van der Waals surface area contributed by atoms with Crippen molar-refractivity contribution in [3.63, 3.8) is 0 Å². The van der Waals surface area contributed by atoms with Crippen molar-refractivity contribution < 1.29 is 17.9 Å². The number of aryl methyl sites for hydroxylation is 1. The number of nitrogens with one attached hydrogen (secondary N) is 1. The Kier molecular flexibility index (Phi) is 6.15. The number of benzene rings is 1. The first-order valence-electron chi connectivity index (χ1n) is 7.54. The molecular weight excluding hydrogens is 362 g/mol. The lowest BCUT2D eigenvalue weighted by Crippen LogP contribution is -2.37. The van der Waals surface area contributed by atoms with Crippen molar-refractivity contribution in [2.75, 3.05) is 24.4 Å². The Balaban J connectivity index is 2.09. The molecule has 7 nitrogen and oxygen atoms in total. The lowest BCUT2D eigenvalue weighted by molar-refractivity contribution is -0.117. The average molecular weight is 383 g/mol. The molecule has 1 aromatic heterocycles. The largest absolute Gasteiger partial charge is 0.496 e. The van der Waals surface area contributed by atoms with Gasteiger partial charge in [-0.2, -0.15) is 0 Å². The van der Waals surface area contributed by atoms with E-state index in [9.17, 15) is 13.2 Å². The lowest BCUT2D eigenvalue weighted by Gasteiger charge is -2.10. The van der Waals surface area contributed by atoms with Gasteiger partial charge in [0.25, 0.3) is 0 Å². The van der Waals surface area contributed by atoms with Crippen molar-refractivity contribution in [1.82, 2.24) is 4.98 Å². The second-order valence-corrected chi connectivity index (χ2v) is 8.87. The third-order valence-corrected chi connectivity index (χ3v) is 5.24. The summed E-state index contributed by atoms with van der Waals surface area (Å²) in [6.07, 6.45) is 1.18. The Hall–Kier alpha value is -1.97. The van der Waals surface area contributed by atoms with E-state index in [1.807, 2.05) is 30.5 Å². The van der Waals surface area contributed by atoms with Gasteiger partial charge in [0.2, 0.25) is 5.91 Å². The van der Waals surface area contributed by atoms with Gasteiger partial charge in [-0.1, -0.05) is 11.6 Å². The number of rotatable bonds is 7. The SMILES string of the molecule is COc1ccc(C)cc1-c1csc(NC(=O)C(N)CCS(C)(=O)=O)n1. The molecule has 136 valence electrons. The molecule has 0 aliphatic heterocycles. The fourth-order valence-corrected chi connectivity index (χ4v) is 3.54. The highest BCUT2D eigenvalue weighted by Gasteiger charge is 2.18. The maximum absolute atomic E-state index is 12.1. The van der Waals surface area contributed by atoms with Crippen molar-refractivity contribution in [3.05, 3.63) is 29.1 Å². The predicted molar refractivity (Wildman–Crippen MR) is 99.8 cm³/mol. The number of nitrogens with two attached hydrogens (primary N) is 1. The van der Waals surface area contributed by atoms with E-state index in [4.69, 9.17) is 10.5 Å². The average Bonchev–Trinajstić information content (AvgIpc) is 3.00. The van der Waals surface area contributed by atoms with Gasteiger partial charge < -0.3 is 15.8 Å². The number of hydrogen-bond donors (Lipinski definition) is 2. The summed E-state index contributed by atoms with van der Waals surface area (Å²) in [6.45, 7) is 1.97. The van der Waals surface area contributed by atoms with Crippen LogP contribution in [0.1, 0.15) is 12.0 Å². The number of carbonyl (C=O) groups excluding carboxylic acids is 1. The smallest absolute Gasteiger partial charge is 0.243 e. The van der Waals surface area contributed by atoms with Gasteiger partial charge in [-0.05, 0) is 25.5 Å². The van der Waals surface area contributed by atoms with E-state index in [0.717, 1.165) is 17.4 Å². The van der Waals surface area contributed by atoms with Crippen LogP contribution in [0.2, 0.25) is 0 Å². The van der Waals surface area contributed by atoms with Crippen LogP contribution in [0.3, 0.4) is 0 Å². The monoisotopic (exact) mass is 383 g/mol. The molecule has 1 heterocycles. The molecule has 25 heavy (non-hydrogen) atoms. The molecule has 2 rings (SSSR count). The van der Waals surface area contributed by atoms with E-state index in [0.29, 0.717) is 16.6 Å². The first-order chi connectivity index (χ1) is 11.7. The molecule has 3 N–H and O–H groups in total. The predicted octanol–water partition coefficient (Wildman–Crippen LogP) is 1.83. The number of sulfone groups is 1. The molecule has 1 amide bonds. The van der Waals surface area contributed by atoms with Crippen molar-refractivity contribution >= 4 is 32.2 Å². The number of aromatic nitrogens is 1. The first kappa shape index (κ1) is 19.4. The topological polar surface area (TPSA) is 111 Å². The van der Waals surface area contributed by atoms with Crippen LogP contribution in [-0.2, 0) is 14.6 Å². The summed E-state index contributed by atoms with van der Waals surface area (Å²) in [4.78, 5) is 16.5. The van der Waals surface area contributed by atoms with E-state index in [2.05, 4.69) is 10.3 Å². The highest BCUT2D eigenvalue weighted by Crippen LogP contribution is 2.32. The first-order valence-corrected chi connectivity index (χ1v) is 10.5. The Labute approximate surface area is 151 Å². The van der Waals surface area contributed by atoms with Gasteiger partial charge in [-0.3, -0.25) is 4.79 Å². The number of methoxy groups -OCH3 is 1. The maximum atomic E-state index is 12.1. The third-order valence-electron chi connectivity index (χ3n) is 3.50. The fraction of sp³-hybridized carbons (Fsp3) is 0.375. The van der Waals surface area contributed by atoms with Crippen LogP contribution in [0, 0.1) is 6.92 Å². The number of anilines is 1. The van der Waals surface area contributed by atoms with Crippen LogP contribution in [0.25, 0.3) is 11.3 Å². The zero-order valence-electron chi connectivity index (χ0n) is 14.3. The van der Waals surface area contributed by atoms with Crippen LogP contribution in [0.5, 0.6) is 5.75 Å². The Morgan fingerprint density at radius 2 is 2.16 bits per heavy atom. The minimum absolute atomic E-state index is 0.0641. The molecule has 0 spiro atoms. The van der Waals surface area contributed by atoms with Gasteiger partial charge in [-0.25, -0.2) is 13.4 Å². The van der Waals surface area contributed by atoms with E-state index in [1.54, 1.807) is 7.11 Å². The molecule has 1 atom stereocenters. The highest BCUT2D eigenvalue weighted by molar-refractivity contribution is 7.90. The Bertz CT molecular complexity index is 862. The molecule has 0 bridgehead atoms. The number of carbonyl (C=O) groups is 1. The van der Waals surface area contributed by atoms with Crippen LogP contribution in [0.4, 0.5) is 5.13 Å². The van der Waals surface area contributed by atoms with Gasteiger partial charge in [0.05, 0.1) is 24.6 Å². The summed E-state index contributed by atoms with van der Waals surface area (Å²) in [5.41, 5.74) is 8.32. The Morgan fingerprint density at radius 3 is 2.80 bits per heavy atom. The van der Waals surface area contributed by atoms with E-state index < -0.39 is 21.8 Å². The zero-order valence-corrected chi connectivity index (χ0v) is 15.9. The summed E-state index contributed by atoms with van der Waals surface area (Å²) in [5, 5.41) is 4.84. The number of thiazole rings is 1. The summed E-state index contributed by atoms with van der Waals surface area (Å²) >= 11 is 1.27. The van der Waals surface area contributed by atoms with Crippen molar-refractivity contribution in [2.24, 2.45) is 5.73 Å². The van der Waals surface area contributed by atoms with Crippen molar-refractivity contribution in [3.8, 4) is 17.0 Å². The molecule has 0 aliphatic carbocycles. The quantitative estimate of drug-likeness (QED) is 0.754. The second kappa shape index (κ2) is 7.94. The van der Waals surface area contributed by atoms with Crippen LogP contribution < -0.4 is 15.8 Å². The molecule has 2 aromatic rings. The van der Waals surface area contributed by atoms with E-state index >= 15 is 0 Å². The van der Waals surface area contributed by atoms with Gasteiger partial charge >= 0.3 is 0 Å². The van der Waals surface area contributed by atoms with Crippen LogP contribution in [-0.4, -0.2) is 44.5 Å². The summed E-state index contributed by atoms with van der Waals surface area (Å²) in [6, 6.07) is 4.86. The van der Waals surface area contributed by atoms with Gasteiger partial charge in [0, 0.05) is 17.2 Å². The molecule has 9 heteroatoms. The minimum atomic E-state index is -3.16. The van der Waals surface area contributed by atoms with Gasteiger partial charge in [0.15, 0.2) is 5.13 Å². The molecule has 0 fully saturated rings. The number of nitrogens with zero attached hydrogens (tertiary/aromatic N) is 1. The van der Waals surface area contributed by atoms with Crippen molar-refractivity contribution in [2.45, 2.75) is 19.4 Å². The molecule has 0 saturated carbocycles. The summed E-state index contributed by atoms with van der Waals surface area (Å²) in [5.74, 6) is 0.102.